The van der Waals surface area contributed by atoms with E-state index in [0.29, 0.717) is 5.41 Å². The lowest BCUT2D eigenvalue weighted by atomic mass is 9.66. The summed E-state index contributed by atoms with van der Waals surface area (Å²) in [4.78, 5) is 0. The van der Waals surface area contributed by atoms with Crippen LogP contribution in [0.3, 0.4) is 0 Å². The first-order chi connectivity index (χ1) is 6.26. The van der Waals surface area contributed by atoms with Gasteiger partial charge in [-0.2, -0.15) is 11.8 Å². The minimum Gasteiger partial charge on any atom is -0.316 e. The van der Waals surface area contributed by atoms with Crippen LogP contribution in [-0.4, -0.2) is 24.1 Å². The molecular weight excluding hydrogens is 178 g/mol. The van der Waals surface area contributed by atoms with Gasteiger partial charge in [0.25, 0.3) is 0 Å². The summed E-state index contributed by atoms with van der Waals surface area (Å²) in [5.74, 6) is 2.27. The molecule has 0 aromatic carbocycles. The molecule has 2 heteroatoms. The quantitative estimate of drug-likeness (QED) is 0.643. The van der Waals surface area contributed by atoms with Crippen LogP contribution < -0.4 is 5.32 Å². The van der Waals surface area contributed by atoms with Crippen LogP contribution in [0.4, 0.5) is 0 Å². The Morgan fingerprint density at radius 3 is 2.85 bits per heavy atom. The summed E-state index contributed by atoms with van der Waals surface area (Å²) in [7, 11) is 0. The molecule has 2 saturated heterocycles. The predicted octanol–water partition coefficient (Wildman–Crippen LogP) is 2.52. The molecule has 2 rings (SSSR count). The largest absolute Gasteiger partial charge is 0.316 e. The molecule has 1 nitrogen and oxygen atoms in total. The van der Waals surface area contributed by atoms with E-state index < -0.39 is 0 Å². The highest BCUT2D eigenvalue weighted by Crippen LogP contribution is 2.49. The van der Waals surface area contributed by atoms with Gasteiger partial charge in [-0.25, -0.2) is 0 Å². The van der Waals surface area contributed by atoms with E-state index in [9.17, 15) is 0 Å². The van der Waals surface area contributed by atoms with Crippen LogP contribution in [0.2, 0.25) is 0 Å². The fourth-order valence-corrected chi connectivity index (χ4v) is 4.56. The van der Waals surface area contributed by atoms with Crippen LogP contribution in [0.25, 0.3) is 0 Å². The molecular formula is C11H21NS. The lowest BCUT2D eigenvalue weighted by Crippen LogP contribution is -2.50. The molecule has 0 amide bonds. The number of hydrogen-bond acceptors (Lipinski definition) is 2. The lowest BCUT2D eigenvalue weighted by Gasteiger charge is -2.49. The van der Waals surface area contributed by atoms with Gasteiger partial charge in [-0.15, -0.1) is 0 Å². The first-order valence-corrected chi connectivity index (χ1v) is 6.63. The van der Waals surface area contributed by atoms with E-state index in [2.05, 4.69) is 30.9 Å². The molecule has 0 radical (unpaired) electrons. The molecule has 2 heterocycles. The minimum atomic E-state index is 0.675. The van der Waals surface area contributed by atoms with Gasteiger partial charge >= 0.3 is 0 Å². The maximum Gasteiger partial charge on any atom is 0.00786 e. The van der Waals surface area contributed by atoms with Gasteiger partial charge in [0.2, 0.25) is 0 Å². The van der Waals surface area contributed by atoms with Crippen molar-refractivity contribution >= 4 is 11.8 Å². The van der Waals surface area contributed by atoms with Crippen LogP contribution in [0.1, 0.15) is 33.1 Å². The van der Waals surface area contributed by atoms with E-state index in [1.807, 2.05) is 0 Å². The Hall–Kier alpha value is 0.310. The number of rotatable bonds is 0. The van der Waals surface area contributed by atoms with Crippen LogP contribution >= 0.6 is 11.8 Å². The highest BCUT2D eigenvalue weighted by Gasteiger charge is 2.43. The maximum absolute atomic E-state index is 3.52. The van der Waals surface area contributed by atoms with E-state index >= 15 is 0 Å². The molecule has 3 atom stereocenters. The molecule has 1 spiro atoms. The molecule has 0 aliphatic carbocycles. The number of hydrogen-bond donors (Lipinski definition) is 1. The number of thioether (sulfide) groups is 1. The predicted molar refractivity (Wildman–Crippen MR) is 60.2 cm³/mol. The second-order valence-corrected chi connectivity index (χ2v) is 6.15. The third kappa shape index (κ3) is 1.63. The summed E-state index contributed by atoms with van der Waals surface area (Å²) in [5.41, 5.74) is 0.675. The van der Waals surface area contributed by atoms with Crippen LogP contribution in [-0.2, 0) is 0 Å². The topological polar surface area (TPSA) is 12.0 Å². The second-order valence-electron chi connectivity index (χ2n) is 4.70. The minimum absolute atomic E-state index is 0.675. The van der Waals surface area contributed by atoms with Gasteiger partial charge < -0.3 is 5.32 Å². The SMILES string of the molecule is CC1CNCCC12CCCSC2C. The van der Waals surface area contributed by atoms with Crippen molar-refractivity contribution in [1.29, 1.82) is 0 Å². The van der Waals surface area contributed by atoms with Crippen molar-refractivity contribution in [3.63, 3.8) is 0 Å². The summed E-state index contributed by atoms with van der Waals surface area (Å²) in [6, 6.07) is 0. The average Bonchev–Trinajstić information content (AvgIpc) is 2.15. The van der Waals surface area contributed by atoms with Gasteiger partial charge in [0, 0.05) is 5.25 Å². The Bertz CT molecular complexity index is 161. The fourth-order valence-electron chi connectivity index (χ4n) is 3.10. The molecule has 13 heavy (non-hydrogen) atoms. The van der Waals surface area contributed by atoms with E-state index in [1.165, 1.54) is 38.1 Å². The summed E-state index contributed by atoms with van der Waals surface area (Å²) in [5, 5.41) is 4.40. The van der Waals surface area contributed by atoms with Gasteiger partial charge in [-0.05, 0) is 49.4 Å². The zero-order valence-corrected chi connectivity index (χ0v) is 9.62. The molecule has 2 aliphatic rings. The van der Waals surface area contributed by atoms with Gasteiger partial charge in [-0.1, -0.05) is 13.8 Å². The lowest BCUT2D eigenvalue weighted by molar-refractivity contribution is 0.104. The Morgan fingerprint density at radius 1 is 1.31 bits per heavy atom. The highest BCUT2D eigenvalue weighted by atomic mass is 32.2. The van der Waals surface area contributed by atoms with Crippen molar-refractivity contribution < 1.29 is 0 Å². The third-order valence-corrected chi connectivity index (χ3v) is 5.66. The Morgan fingerprint density at radius 2 is 2.15 bits per heavy atom. The Balaban J connectivity index is 2.13. The summed E-state index contributed by atoms with van der Waals surface area (Å²) in [6.07, 6.45) is 4.33. The van der Waals surface area contributed by atoms with Crippen LogP contribution in [0.15, 0.2) is 0 Å². The molecule has 76 valence electrons. The highest BCUT2D eigenvalue weighted by molar-refractivity contribution is 7.99. The van der Waals surface area contributed by atoms with E-state index in [-0.39, 0.29) is 0 Å². The zero-order chi connectivity index (χ0) is 9.31. The number of piperidine rings is 1. The first kappa shape index (κ1) is 9.85. The zero-order valence-electron chi connectivity index (χ0n) is 8.81. The van der Waals surface area contributed by atoms with Gasteiger partial charge in [0.15, 0.2) is 0 Å². The van der Waals surface area contributed by atoms with Gasteiger partial charge in [0.1, 0.15) is 0 Å². The second kappa shape index (κ2) is 3.82. The van der Waals surface area contributed by atoms with Crippen molar-refractivity contribution in [3.8, 4) is 0 Å². The van der Waals surface area contributed by atoms with Crippen LogP contribution in [0, 0.1) is 11.3 Å². The standard InChI is InChI=1S/C11H21NS/c1-9-8-12-6-5-11(9)4-3-7-13-10(11)2/h9-10,12H,3-8H2,1-2H3. The smallest absolute Gasteiger partial charge is 0.00786 e. The molecule has 2 fully saturated rings. The molecule has 0 aromatic heterocycles. The van der Waals surface area contributed by atoms with E-state index in [0.717, 1.165) is 11.2 Å². The normalized spacial score (nSPS) is 46.6. The van der Waals surface area contributed by atoms with E-state index in [4.69, 9.17) is 0 Å². The van der Waals surface area contributed by atoms with Crippen molar-refractivity contribution in [2.45, 2.75) is 38.4 Å². The van der Waals surface area contributed by atoms with Gasteiger partial charge in [0.05, 0.1) is 0 Å². The molecule has 2 aliphatic heterocycles. The van der Waals surface area contributed by atoms with Gasteiger partial charge in [-0.3, -0.25) is 0 Å². The van der Waals surface area contributed by atoms with Crippen molar-refractivity contribution in [1.82, 2.24) is 5.32 Å². The Kier molecular flexibility index (Phi) is 2.89. The summed E-state index contributed by atoms with van der Waals surface area (Å²) < 4.78 is 0. The molecule has 3 unspecified atom stereocenters. The van der Waals surface area contributed by atoms with E-state index in [1.54, 1.807) is 0 Å². The summed E-state index contributed by atoms with van der Waals surface area (Å²) >= 11 is 2.20. The Labute approximate surface area is 86.0 Å². The van der Waals surface area contributed by atoms with Crippen molar-refractivity contribution in [2.24, 2.45) is 11.3 Å². The molecule has 0 bridgehead atoms. The monoisotopic (exact) mass is 199 g/mol. The molecule has 0 saturated carbocycles. The van der Waals surface area contributed by atoms with Crippen LogP contribution in [0.5, 0.6) is 0 Å². The third-order valence-electron chi connectivity index (χ3n) is 4.16. The molecule has 1 N–H and O–H groups in total. The average molecular weight is 199 g/mol. The first-order valence-electron chi connectivity index (χ1n) is 5.58. The van der Waals surface area contributed by atoms with Crippen molar-refractivity contribution in [3.05, 3.63) is 0 Å². The van der Waals surface area contributed by atoms with Crippen molar-refractivity contribution in [2.75, 3.05) is 18.8 Å². The fraction of sp³-hybridized carbons (Fsp3) is 1.00. The molecule has 0 aromatic rings. The summed E-state index contributed by atoms with van der Waals surface area (Å²) in [6.45, 7) is 7.38. The maximum atomic E-state index is 3.52. The number of nitrogens with one attached hydrogen (secondary N) is 1.